The molecular formula is C7H11N3O3. The Morgan fingerprint density at radius 2 is 2.00 bits per heavy atom. The highest BCUT2D eigenvalue weighted by atomic mass is 16.6. The van der Waals surface area contributed by atoms with Crippen molar-refractivity contribution < 1.29 is 14.9 Å². The zero-order chi connectivity index (χ0) is 9.16. The summed E-state index contributed by atoms with van der Waals surface area (Å²) in [7, 11) is 0. The predicted molar refractivity (Wildman–Crippen MR) is 43.0 cm³/mol. The molecule has 3 rings (SSSR count). The lowest BCUT2D eigenvalue weighted by Crippen LogP contribution is -2.56. The zero-order valence-corrected chi connectivity index (χ0v) is 6.79. The number of nitrogens with one attached hydrogen (secondary N) is 1. The fraction of sp³-hybridized carbons (Fsp3) is 0.857. The van der Waals surface area contributed by atoms with Gasteiger partial charge in [0, 0.05) is 0 Å². The van der Waals surface area contributed by atoms with Gasteiger partial charge in [-0.2, -0.15) is 0 Å². The van der Waals surface area contributed by atoms with Crippen LogP contribution in [0.5, 0.6) is 0 Å². The second kappa shape index (κ2) is 2.14. The number of nitrogens with zero attached hydrogens (tertiary/aromatic N) is 1. The molecule has 0 radical (unpaired) electrons. The van der Waals surface area contributed by atoms with Crippen molar-refractivity contribution in [1.29, 1.82) is 0 Å². The van der Waals surface area contributed by atoms with Crippen molar-refractivity contribution in [2.24, 2.45) is 10.7 Å². The van der Waals surface area contributed by atoms with Crippen molar-refractivity contribution in [2.75, 3.05) is 0 Å². The monoisotopic (exact) mass is 185 g/mol. The summed E-state index contributed by atoms with van der Waals surface area (Å²) in [4.78, 5) is 4.01. The Labute approximate surface area is 74.4 Å². The van der Waals surface area contributed by atoms with Gasteiger partial charge < -0.3 is 26.0 Å². The summed E-state index contributed by atoms with van der Waals surface area (Å²) in [6.45, 7) is 0. The molecule has 6 unspecified atom stereocenters. The van der Waals surface area contributed by atoms with Gasteiger partial charge in [-0.15, -0.1) is 0 Å². The van der Waals surface area contributed by atoms with E-state index in [-0.39, 0.29) is 30.3 Å². The van der Waals surface area contributed by atoms with Crippen LogP contribution in [0.3, 0.4) is 0 Å². The van der Waals surface area contributed by atoms with Crippen LogP contribution in [-0.2, 0) is 4.74 Å². The predicted octanol–water partition coefficient (Wildman–Crippen LogP) is -2.86. The van der Waals surface area contributed by atoms with E-state index < -0.39 is 12.2 Å². The lowest BCUT2D eigenvalue weighted by Gasteiger charge is -2.29. The SMILES string of the molecule is NC1=NC2C(O)C3OC3C(O)C2N1. The van der Waals surface area contributed by atoms with Crippen LogP contribution in [0, 0.1) is 0 Å². The van der Waals surface area contributed by atoms with E-state index in [4.69, 9.17) is 10.5 Å². The second-order valence-corrected chi connectivity index (χ2v) is 3.72. The molecule has 0 spiro atoms. The lowest BCUT2D eigenvalue weighted by molar-refractivity contribution is 0.0459. The third-order valence-electron chi connectivity index (χ3n) is 2.92. The first kappa shape index (κ1) is 7.54. The molecule has 2 aliphatic heterocycles. The molecule has 3 aliphatic rings. The quantitative estimate of drug-likeness (QED) is 0.304. The van der Waals surface area contributed by atoms with E-state index in [0.717, 1.165) is 0 Å². The number of hydrogen-bond acceptors (Lipinski definition) is 6. The molecule has 0 aromatic rings. The maximum Gasteiger partial charge on any atom is 0.189 e. The number of hydrogen-bond donors (Lipinski definition) is 4. The highest BCUT2D eigenvalue weighted by Gasteiger charge is 2.61. The molecule has 1 aliphatic carbocycles. The van der Waals surface area contributed by atoms with Gasteiger partial charge in [0.1, 0.15) is 30.5 Å². The van der Waals surface area contributed by atoms with E-state index in [1.54, 1.807) is 0 Å². The van der Waals surface area contributed by atoms with Gasteiger partial charge in [0.25, 0.3) is 0 Å². The number of fused-ring (bicyclic) bond motifs is 2. The number of aliphatic imine (C=N–C) groups is 1. The molecule has 0 amide bonds. The van der Waals surface area contributed by atoms with Crippen LogP contribution >= 0.6 is 0 Å². The van der Waals surface area contributed by atoms with Crippen molar-refractivity contribution in [3.05, 3.63) is 0 Å². The number of ether oxygens (including phenoxy) is 1. The molecule has 0 aromatic carbocycles. The maximum atomic E-state index is 9.70. The number of aliphatic hydroxyl groups is 2. The number of guanidine groups is 1. The van der Waals surface area contributed by atoms with Crippen LogP contribution in [0.25, 0.3) is 0 Å². The van der Waals surface area contributed by atoms with Crippen molar-refractivity contribution in [3.63, 3.8) is 0 Å². The first-order valence-corrected chi connectivity index (χ1v) is 4.30. The number of rotatable bonds is 0. The van der Waals surface area contributed by atoms with Gasteiger partial charge in [0.05, 0.1) is 6.04 Å². The van der Waals surface area contributed by atoms with Crippen molar-refractivity contribution in [2.45, 2.75) is 36.5 Å². The van der Waals surface area contributed by atoms with Crippen LogP contribution < -0.4 is 11.1 Å². The summed E-state index contributed by atoms with van der Waals surface area (Å²) >= 11 is 0. The Morgan fingerprint density at radius 1 is 1.31 bits per heavy atom. The molecule has 1 saturated carbocycles. The summed E-state index contributed by atoms with van der Waals surface area (Å²) in [6.07, 6.45) is -1.77. The van der Waals surface area contributed by atoms with Gasteiger partial charge in [-0.3, -0.25) is 0 Å². The topological polar surface area (TPSA) is 103 Å². The first-order chi connectivity index (χ1) is 6.18. The zero-order valence-electron chi connectivity index (χ0n) is 6.79. The minimum atomic E-state index is -0.646. The second-order valence-electron chi connectivity index (χ2n) is 3.72. The smallest absolute Gasteiger partial charge is 0.189 e. The Morgan fingerprint density at radius 3 is 2.77 bits per heavy atom. The standard InChI is InChI=1S/C7H11N3O3/c8-7-9-1-2(10-7)4(12)6-5(13-6)3(1)11/h1-6,11-12H,(H3,8,9,10). The average Bonchev–Trinajstić information content (AvgIpc) is 2.79. The van der Waals surface area contributed by atoms with E-state index in [9.17, 15) is 10.2 Å². The molecule has 2 fully saturated rings. The minimum Gasteiger partial charge on any atom is -0.388 e. The third kappa shape index (κ3) is 0.849. The number of aliphatic hydroxyl groups excluding tert-OH is 2. The third-order valence-corrected chi connectivity index (χ3v) is 2.92. The van der Waals surface area contributed by atoms with Gasteiger partial charge in [0.15, 0.2) is 5.96 Å². The van der Waals surface area contributed by atoms with E-state index in [1.807, 2.05) is 0 Å². The summed E-state index contributed by atoms with van der Waals surface area (Å²) in [5, 5.41) is 22.2. The Bertz CT molecular complexity index is 282. The van der Waals surface area contributed by atoms with Crippen molar-refractivity contribution in [3.8, 4) is 0 Å². The Hall–Kier alpha value is -0.850. The van der Waals surface area contributed by atoms with Gasteiger partial charge in [-0.05, 0) is 0 Å². The maximum absolute atomic E-state index is 9.70. The van der Waals surface area contributed by atoms with Gasteiger partial charge in [-0.1, -0.05) is 0 Å². The highest BCUT2D eigenvalue weighted by Crippen LogP contribution is 2.39. The summed E-state index contributed by atoms with van der Waals surface area (Å²) in [5.74, 6) is 0.286. The molecule has 6 heteroatoms. The van der Waals surface area contributed by atoms with Gasteiger partial charge in [0.2, 0.25) is 0 Å². The highest BCUT2D eigenvalue weighted by molar-refractivity contribution is 5.80. The van der Waals surface area contributed by atoms with Crippen molar-refractivity contribution in [1.82, 2.24) is 5.32 Å². The molecule has 72 valence electrons. The molecule has 6 atom stereocenters. The largest absolute Gasteiger partial charge is 0.388 e. The van der Waals surface area contributed by atoms with E-state index >= 15 is 0 Å². The van der Waals surface area contributed by atoms with Crippen LogP contribution in [0.15, 0.2) is 4.99 Å². The Kier molecular flexibility index (Phi) is 1.24. The molecule has 5 N–H and O–H groups in total. The molecule has 13 heavy (non-hydrogen) atoms. The average molecular weight is 185 g/mol. The van der Waals surface area contributed by atoms with Crippen LogP contribution in [-0.4, -0.2) is 52.7 Å². The summed E-state index contributed by atoms with van der Waals surface area (Å²) in [5.41, 5.74) is 5.46. The van der Waals surface area contributed by atoms with Crippen LogP contribution in [0.4, 0.5) is 0 Å². The van der Waals surface area contributed by atoms with Gasteiger partial charge in [-0.25, -0.2) is 4.99 Å². The lowest BCUT2D eigenvalue weighted by atomic mass is 9.87. The first-order valence-electron chi connectivity index (χ1n) is 4.30. The van der Waals surface area contributed by atoms with Crippen LogP contribution in [0.1, 0.15) is 0 Å². The molecule has 1 saturated heterocycles. The summed E-state index contributed by atoms with van der Waals surface area (Å²) < 4.78 is 5.12. The molecule has 0 bridgehead atoms. The summed E-state index contributed by atoms with van der Waals surface area (Å²) in [6, 6.07) is -0.655. The normalized spacial score (nSPS) is 57.5. The fourth-order valence-corrected chi connectivity index (χ4v) is 2.19. The van der Waals surface area contributed by atoms with Crippen LogP contribution in [0.2, 0.25) is 0 Å². The van der Waals surface area contributed by atoms with Gasteiger partial charge >= 0.3 is 0 Å². The number of epoxide rings is 1. The van der Waals surface area contributed by atoms with Crippen molar-refractivity contribution >= 4 is 5.96 Å². The number of nitrogens with two attached hydrogens (primary N) is 1. The molecule has 6 nitrogen and oxygen atoms in total. The fourth-order valence-electron chi connectivity index (χ4n) is 2.19. The molecular weight excluding hydrogens is 174 g/mol. The van der Waals surface area contributed by atoms with E-state index in [0.29, 0.717) is 0 Å². The molecule has 0 aromatic heterocycles. The minimum absolute atomic E-state index is 0.246. The van der Waals surface area contributed by atoms with E-state index in [1.165, 1.54) is 0 Å². The molecule has 2 heterocycles. The Balaban J connectivity index is 1.91. The van der Waals surface area contributed by atoms with E-state index in [2.05, 4.69) is 10.3 Å².